The van der Waals surface area contributed by atoms with Crippen LogP contribution in [0, 0.1) is 0 Å². The molecule has 0 fully saturated rings. The second-order valence-corrected chi connectivity index (χ2v) is 7.07. The molecule has 0 saturated heterocycles. The van der Waals surface area contributed by atoms with Gasteiger partial charge in [-0.1, -0.05) is 41.4 Å². The molecule has 0 spiro atoms. The first-order chi connectivity index (χ1) is 13.9. The highest BCUT2D eigenvalue weighted by molar-refractivity contribution is 6.34. The fraction of sp³-hybridized carbons (Fsp3) is 0.158. The first-order valence-corrected chi connectivity index (χ1v) is 8.98. The average molecular weight is 466 g/mol. The number of aromatic nitrogens is 3. The largest absolute Gasteiger partial charge is 0.418 e. The molecule has 0 aliphatic carbocycles. The van der Waals surface area contributed by atoms with Crippen molar-refractivity contribution in [3.05, 3.63) is 81.9 Å². The highest BCUT2D eigenvalue weighted by Crippen LogP contribution is 2.39. The fourth-order valence-corrected chi connectivity index (χ4v) is 3.33. The van der Waals surface area contributed by atoms with E-state index in [-0.39, 0.29) is 26.9 Å². The van der Waals surface area contributed by atoms with Gasteiger partial charge < -0.3 is 0 Å². The van der Waals surface area contributed by atoms with E-state index in [9.17, 15) is 26.3 Å². The minimum absolute atomic E-state index is 0.0108. The molecule has 158 valence electrons. The average Bonchev–Trinajstić information content (AvgIpc) is 3.13. The lowest BCUT2D eigenvalue weighted by Crippen LogP contribution is -2.19. The third-order valence-electron chi connectivity index (χ3n) is 4.07. The molecule has 30 heavy (non-hydrogen) atoms. The maximum atomic E-state index is 13.6. The molecule has 0 radical (unpaired) electrons. The summed E-state index contributed by atoms with van der Waals surface area (Å²) in [5.41, 5.74) is -1.67. The van der Waals surface area contributed by atoms with Gasteiger partial charge in [0.25, 0.3) is 0 Å². The molecule has 1 unspecified atom stereocenters. The van der Waals surface area contributed by atoms with Crippen LogP contribution in [-0.2, 0) is 6.18 Å². The van der Waals surface area contributed by atoms with Crippen LogP contribution in [0.1, 0.15) is 22.6 Å². The van der Waals surface area contributed by atoms with Crippen molar-refractivity contribution in [3.63, 3.8) is 0 Å². The van der Waals surface area contributed by atoms with E-state index in [0.29, 0.717) is 0 Å². The molecule has 0 bridgehead atoms. The Labute approximate surface area is 176 Å². The summed E-state index contributed by atoms with van der Waals surface area (Å²) < 4.78 is 82.0. The van der Waals surface area contributed by atoms with Crippen LogP contribution in [-0.4, -0.2) is 20.9 Å². The lowest BCUT2D eigenvalue weighted by molar-refractivity contribution is -0.139. The first-order valence-electron chi connectivity index (χ1n) is 8.22. The quantitative estimate of drug-likeness (QED) is 0.390. The third-order valence-corrected chi connectivity index (χ3v) is 4.51. The Bertz CT molecular complexity index is 1040. The van der Waals surface area contributed by atoms with E-state index < -0.39 is 23.8 Å². The Hall–Kier alpha value is -2.52. The molecule has 0 aliphatic heterocycles. The van der Waals surface area contributed by atoms with E-state index in [0.717, 1.165) is 53.8 Å². The monoisotopic (exact) mass is 465 g/mol. The minimum Gasteiger partial charge on any atom is -0.223 e. The van der Waals surface area contributed by atoms with Gasteiger partial charge in [0.15, 0.2) is 0 Å². The Morgan fingerprint density at radius 3 is 2.13 bits per heavy atom. The van der Waals surface area contributed by atoms with E-state index in [2.05, 4.69) is 10.1 Å². The van der Waals surface area contributed by atoms with E-state index in [4.69, 9.17) is 23.2 Å². The van der Waals surface area contributed by atoms with Gasteiger partial charge in [0.1, 0.15) is 12.7 Å². The summed E-state index contributed by atoms with van der Waals surface area (Å²) >= 11 is 11.6. The van der Waals surface area contributed by atoms with Gasteiger partial charge in [-0.05, 0) is 41.5 Å². The van der Waals surface area contributed by atoms with Gasteiger partial charge in [0.2, 0.25) is 0 Å². The number of hydrogen-bond donors (Lipinski definition) is 0. The second kappa shape index (κ2) is 8.31. The lowest BCUT2D eigenvalue weighted by atomic mass is 9.96. The number of halogens is 8. The van der Waals surface area contributed by atoms with E-state index in [1.165, 1.54) is 12.1 Å². The summed E-state index contributed by atoms with van der Waals surface area (Å²) in [6, 6.07) is 6.58. The van der Waals surface area contributed by atoms with Crippen LogP contribution < -0.4 is 0 Å². The number of alkyl halides is 6. The van der Waals surface area contributed by atoms with Gasteiger partial charge in [0.05, 0.1) is 17.2 Å². The third kappa shape index (κ3) is 5.14. The molecule has 0 aliphatic rings. The topological polar surface area (TPSA) is 30.7 Å². The molecule has 1 atom stereocenters. The van der Waals surface area contributed by atoms with Crippen molar-refractivity contribution in [3.8, 4) is 5.69 Å². The molecule has 0 N–H and O–H groups in total. The van der Waals surface area contributed by atoms with Crippen LogP contribution in [0.2, 0.25) is 10.0 Å². The van der Waals surface area contributed by atoms with Gasteiger partial charge >= 0.3 is 12.4 Å². The van der Waals surface area contributed by atoms with Crippen LogP contribution in [0.25, 0.3) is 11.8 Å². The maximum absolute atomic E-state index is 13.6. The predicted molar refractivity (Wildman–Crippen MR) is 101 cm³/mol. The van der Waals surface area contributed by atoms with Gasteiger partial charge in [-0.15, -0.1) is 0 Å². The molecular weight excluding hydrogens is 455 g/mol. The van der Waals surface area contributed by atoms with Crippen LogP contribution in [0.4, 0.5) is 26.3 Å². The zero-order chi connectivity index (χ0) is 22.1. The highest BCUT2D eigenvalue weighted by atomic mass is 35.5. The van der Waals surface area contributed by atoms with Crippen molar-refractivity contribution in [2.24, 2.45) is 0 Å². The van der Waals surface area contributed by atoms with Gasteiger partial charge in [-0.2, -0.15) is 31.4 Å². The summed E-state index contributed by atoms with van der Waals surface area (Å²) in [5.74, 6) is -2.11. The van der Waals surface area contributed by atoms with Crippen molar-refractivity contribution in [1.82, 2.24) is 14.8 Å². The molecule has 11 heteroatoms. The summed E-state index contributed by atoms with van der Waals surface area (Å²) in [6.07, 6.45) is -5.59. The maximum Gasteiger partial charge on any atom is 0.418 e. The smallest absolute Gasteiger partial charge is 0.223 e. The van der Waals surface area contributed by atoms with E-state index in [1.54, 1.807) is 0 Å². The molecule has 2 aromatic carbocycles. The van der Waals surface area contributed by atoms with Crippen LogP contribution in [0.5, 0.6) is 0 Å². The fourth-order valence-electron chi connectivity index (χ4n) is 2.79. The Balaban J connectivity index is 2.02. The van der Waals surface area contributed by atoms with E-state index >= 15 is 0 Å². The van der Waals surface area contributed by atoms with Crippen molar-refractivity contribution in [2.45, 2.75) is 18.3 Å². The van der Waals surface area contributed by atoms with Crippen LogP contribution in [0.3, 0.4) is 0 Å². The molecule has 0 saturated carbocycles. The number of allylic oxidation sites excluding steroid dienone is 1. The van der Waals surface area contributed by atoms with Crippen LogP contribution in [0.15, 0.2) is 55.1 Å². The van der Waals surface area contributed by atoms with Crippen LogP contribution >= 0.6 is 23.2 Å². The molecule has 1 aromatic heterocycles. The van der Waals surface area contributed by atoms with Crippen molar-refractivity contribution in [2.75, 3.05) is 0 Å². The second-order valence-electron chi connectivity index (χ2n) is 6.20. The Morgan fingerprint density at radius 2 is 1.60 bits per heavy atom. The number of nitrogens with zero attached hydrogens (tertiary/aromatic N) is 3. The standard InChI is InChI=1S/C19H11Cl2F6N3/c20-13-6-12(7-14(21)8-13)15(18(22,23)24)3-1-11-2-4-17(30-10-28-9-29-30)16(5-11)19(25,26)27/h1-10,15H. The zero-order valence-electron chi connectivity index (χ0n) is 14.7. The van der Waals surface area contributed by atoms with Gasteiger partial charge in [-0.25, -0.2) is 9.67 Å². The normalized spacial score (nSPS) is 13.7. The van der Waals surface area contributed by atoms with Gasteiger partial charge in [-0.3, -0.25) is 0 Å². The molecule has 0 amide bonds. The predicted octanol–water partition coefficient (Wildman–Crippen LogP) is 6.95. The molecule has 3 aromatic rings. The van der Waals surface area contributed by atoms with Gasteiger partial charge in [0, 0.05) is 10.0 Å². The highest BCUT2D eigenvalue weighted by Gasteiger charge is 2.39. The number of hydrogen-bond acceptors (Lipinski definition) is 2. The summed E-state index contributed by atoms with van der Waals surface area (Å²) in [6.45, 7) is 0. The molecule has 1 heterocycles. The van der Waals surface area contributed by atoms with Crippen molar-refractivity contribution < 1.29 is 26.3 Å². The van der Waals surface area contributed by atoms with Crippen molar-refractivity contribution >= 4 is 29.3 Å². The number of rotatable bonds is 4. The minimum atomic E-state index is -4.75. The van der Waals surface area contributed by atoms with E-state index in [1.807, 2.05) is 0 Å². The number of benzene rings is 2. The molecular formula is C19H11Cl2F6N3. The Kier molecular flexibility index (Phi) is 6.14. The first kappa shape index (κ1) is 22.2. The lowest BCUT2D eigenvalue weighted by Gasteiger charge is -2.18. The Morgan fingerprint density at radius 1 is 0.933 bits per heavy atom. The summed E-state index contributed by atoms with van der Waals surface area (Å²) in [7, 11) is 0. The van der Waals surface area contributed by atoms with Crippen molar-refractivity contribution in [1.29, 1.82) is 0 Å². The summed E-state index contributed by atoms with van der Waals surface area (Å²) in [4.78, 5) is 3.60. The summed E-state index contributed by atoms with van der Waals surface area (Å²) in [5, 5.41) is 3.69. The molecule has 3 nitrogen and oxygen atoms in total. The SMILES string of the molecule is FC(F)(F)c1cc(C=CC(c2cc(Cl)cc(Cl)c2)C(F)(F)F)ccc1-n1cncn1. The molecule has 3 rings (SSSR count). The zero-order valence-corrected chi connectivity index (χ0v) is 16.2.